The van der Waals surface area contributed by atoms with Crippen molar-refractivity contribution in [3.05, 3.63) is 29.8 Å². The fraction of sp³-hybridized carbons (Fsp3) is 0.533. The average Bonchev–Trinajstić information content (AvgIpc) is 3.13. The molecule has 0 spiro atoms. The highest BCUT2D eigenvalue weighted by Gasteiger charge is 2.37. The lowest BCUT2D eigenvalue weighted by Crippen LogP contribution is -2.43. The Hall–Kier alpha value is -1.51. The number of nitrogens with zero attached hydrogens (tertiary/aromatic N) is 1. The summed E-state index contributed by atoms with van der Waals surface area (Å²) in [7, 11) is 0. The summed E-state index contributed by atoms with van der Waals surface area (Å²) in [5, 5.41) is 3.36. The van der Waals surface area contributed by atoms with Gasteiger partial charge in [0.15, 0.2) is 0 Å². The van der Waals surface area contributed by atoms with Crippen LogP contribution >= 0.6 is 0 Å². The summed E-state index contributed by atoms with van der Waals surface area (Å²) in [4.78, 5) is 14.6. The Kier molecular flexibility index (Phi) is 2.98. The lowest BCUT2D eigenvalue weighted by Gasteiger charge is -2.25. The number of nitrogens with one attached hydrogen (secondary N) is 1. The number of amides is 1. The molecule has 1 unspecified atom stereocenters. The molecule has 0 aromatic heterocycles. The first-order valence-electron chi connectivity index (χ1n) is 6.94. The topological polar surface area (TPSA) is 32.3 Å². The summed E-state index contributed by atoms with van der Waals surface area (Å²) < 4.78 is 0. The molecule has 0 radical (unpaired) electrons. The number of rotatable bonds is 4. The number of carbonyl (C=O) groups excluding carboxylic acids is 1. The highest BCUT2D eigenvalue weighted by Crippen LogP contribution is 2.31. The number of hydrogen-bond donors (Lipinski definition) is 1. The Labute approximate surface area is 108 Å². The summed E-state index contributed by atoms with van der Waals surface area (Å²) >= 11 is 0. The maximum atomic E-state index is 12.5. The summed E-state index contributed by atoms with van der Waals surface area (Å²) in [6.45, 7) is 3.04. The van der Waals surface area contributed by atoms with Crippen LogP contribution in [0.2, 0.25) is 0 Å². The van der Waals surface area contributed by atoms with Crippen molar-refractivity contribution in [1.29, 1.82) is 0 Å². The fourth-order valence-corrected chi connectivity index (χ4v) is 2.75. The minimum atomic E-state index is -0.0467. The zero-order chi connectivity index (χ0) is 12.5. The minimum absolute atomic E-state index is 0.0467. The number of hydrogen-bond acceptors (Lipinski definition) is 2. The third kappa shape index (κ3) is 2.09. The van der Waals surface area contributed by atoms with Crippen LogP contribution in [-0.2, 0) is 11.2 Å². The predicted octanol–water partition coefficient (Wildman–Crippen LogP) is 2.42. The Balaban J connectivity index is 1.71. The first kappa shape index (κ1) is 11.6. The molecule has 0 saturated heterocycles. The summed E-state index contributed by atoms with van der Waals surface area (Å²) in [6.07, 6.45) is 4.25. The van der Waals surface area contributed by atoms with Gasteiger partial charge in [-0.25, -0.2) is 0 Å². The van der Waals surface area contributed by atoms with Crippen molar-refractivity contribution >= 4 is 11.6 Å². The van der Waals surface area contributed by atoms with E-state index in [1.54, 1.807) is 0 Å². The quantitative estimate of drug-likeness (QED) is 0.882. The Bertz CT molecular complexity index is 429. The molecule has 3 nitrogen and oxygen atoms in total. The van der Waals surface area contributed by atoms with Gasteiger partial charge < -0.3 is 10.2 Å². The Morgan fingerprint density at radius 2 is 2.17 bits per heavy atom. The van der Waals surface area contributed by atoms with Gasteiger partial charge in [0.05, 0.1) is 0 Å². The Morgan fingerprint density at radius 3 is 2.83 bits per heavy atom. The van der Waals surface area contributed by atoms with Crippen LogP contribution in [0.3, 0.4) is 0 Å². The van der Waals surface area contributed by atoms with E-state index >= 15 is 0 Å². The molecular formula is C15H20N2O. The molecule has 2 aliphatic rings. The highest BCUT2D eigenvalue weighted by molar-refractivity contribution is 5.87. The maximum absolute atomic E-state index is 12.5. The van der Waals surface area contributed by atoms with Gasteiger partial charge >= 0.3 is 0 Å². The summed E-state index contributed by atoms with van der Waals surface area (Å²) in [5.74, 6) is 0.288. The van der Waals surface area contributed by atoms with Gasteiger partial charge in [-0.05, 0) is 30.9 Å². The number of fused-ring (bicyclic) bond motifs is 1. The summed E-state index contributed by atoms with van der Waals surface area (Å²) in [6, 6.07) is 8.69. The van der Waals surface area contributed by atoms with E-state index < -0.39 is 0 Å². The second-order valence-corrected chi connectivity index (χ2v) is 5.32. The van der Waals surface area contributed by atoms with Crippen LogP contribution in [0.1, 0.15) is 31.7 Å². The van der Waals surface area contributed by atoms with E-state index in [1.807, 2.05) is 12.1 Å². The SMILES string of the molecule is CCCN(C(=O)C1Cc2ccccc2N1)C1CC1. The lowest BCUT2D eigenvalue weighted by molar-refractivity contribution is -0.132. The van der Waals surface area contributed by atoms with Crippen molar-refractivity contribution in [2.24, 2.45) is 0 Å². The van der Waals surface area contributed by atoms with E-state index in [-0.39, 0.29) is 11.9 Å². The van der Waals surface area contributed by atoms with Gasteiger partial charge in [-0.2, -0.15) is 0 Å². The normalized spacial score (nSPS) is 21.3. The van der Waals surface area contributed by atoms with Crippen molar-refractivity contribution < 1.29 is 4.79 Å². The molecule has 1 amide bonds. The van der Waals surface area contributed by atoms with Crippen molar-refractivity contribution in [2.45, 2.75) is 44.7 Å². The zero-order valence-electron chi connectivity index (χ0n) is 10.9. The van der Waals surface area contributed by atoms with Crippen LogP contribution in [0.4, 0.5) is 5.69 Å². The van der Waals surface area contributed by atoms with Crippen molar-refractivity contribution in [2.75, 3.05) is 11.9 Å². The van der Waals surface area contributed by atoms with E-state index in [4.69, 9.17) is 0 Å². The molecule has 3 heteroatoms. The van der Waals surface area contributed by atoms with Gasteiger partial charge in [0.1, 0.15) is 6.04 Å². The largest absolute Gasteiger partial charge is 0.373 e. The third-order valence-electron chi connectivity index (χ3n) is 3.80. The van der Waals surface area contributed by atoms with Gasteiger partial charge in [-0.3, -0.25) is 4.79 Å². The fourth-order valence-electron chi connectivity index (χ4n) is 2.75. The third-order valence-corrected chi connectivity index (χ3v) is 3.80. The van der Waals surface area contributed by atoms with Gasteiger partial charge in [0.2, 0.25) is 5.91 Å². The number of para-hydroxylation sites is 1. The molecule has 1 fully saturated rings. The van der Waals surface area contributed by atoms with Crippen LogP contribution in [0.5, 0.6) is 0 Å². The maximum Gasteiger partial charge on any atom is 0.245 e. The molecule has 1 aliphatic carbocycles. The molecule has 18 heavy (non-hydrogen) atoms. The second-order valence-electron chi connectivity index (χ2n) is 5.32. The van der Waals surface area contributed by atoms with Gasteiger partial charge in [0, 0.05) is 24.7 Å². The van der Waals surface area contributed by atoms with Gasteiger partial charge in [0.25, 0.3) is 0 Å². The van der Waals surface area contributed by atoms with Crippen LogP contribution in [0, 0.1) is 0 Å². The minimum Gasteiger partial charge on any atom is -0.373 e. The Morgan fingerprint density at radius 1 is 1.39 bits per heavy atom. The molecule has 1 aliphatic heterocycles. The predicted molar refractivity (Wildman–Crippen MR) is 72.6 cm³/mol. The molecule has 1 aromatic rings. The lowest BCUT2D eigenvalue weighted by atomic mass is 10.1. The molecule has 1 N–H and O–H groups in total. The smallest absolute Gasteiger partial charge is 0.245 e. The molecule has 1 heterocycles. The van der Waals surface area contributed by atoms with Gasteiger partial charge in [-0.15, -0.1) is 0 Å². The van der Waals surface area contributed by atoms with Crippen molar-refractivity contribution in [1.82, 2.24) is 4.90 Å². The molecule has 96 valence electrons. The molecule has 1 saturated carbocycles. The van der Waals surface area contributed by atoms with Crippen molar-refractivity contribution in [3.63, 3.8) is 0 Å². The second kappa shape index (κ2) is 4.63. The standard InChI is InChI=1S/C15H20N2O/c1-2-9-17(12-7-8-12)15(18)14-10-11-5-3-4-6-13(11)16-14/h3-6,12,14,16H,2,7-10H2,1H3. The van der Waals surface area contributed by atoms with Crippen LogP contribution in [0.25, 0.3) is 0 Å². The number of carbonyl (C=O) groups is 1. The van der Waals surface area contributed by atoms with Crippen molar-refractivity contribution in [3.8, 4) is 0 Å². The van der Waals surface area contributed by atoms with E-state index in [9.17, 15) is 4.79 Å². The number of benzene rings is 1. The van der Waals surface area contributed by atoms with Crippen LogP contribution in [-0.4, -0.2) is 29.4 Å². The monoisotopic (exact) mass is 244 g/mol. The molecule has 0 bridgehead atoms. The van der Waals surface area contributed by atoms with E-state index in [0.29, 0.717) is 6.04 Å². The number of anilines is 1. The van der Waals surface area contributed by atoms with Crippen LogP contribution < -0.4 is 5.32 Å². The van der Waals surface area contributed by atoms with Gasteiger partial charge in [-0.1, -0.05) is 25.1 Å². The first-order valence-corrected chi connectivity index (χ1v) is 6.94. The average molecular weight is 244 g/mol. The first-order chi connectivity index (χ1) is 8.79. The van der Waals surface area contributed by atoms with E-state index in [0.717, 1.165) is 25.1 Å². The molecular weight excluding hydrogens is 224 g/mol. The molecule has 1 aromatic carbocycles. The highest BCUT2D eigenvalue weighted by atomic mass is 16.2. The zero-order valence-corrected chi connectivity index (χ0v) is 10.9. The van der Waals surface area contributed by atoms with Crippen LogP contribution in [0.15, 0.2) is 24.3 Å². The summed E-state index contributed by atoms with van der Waals surface area (Å²) in [5.41, 5.74) is 2.39. The molecule has 1 atom stereocenters. The van der Waals surface area contributed by atoms with E-state index in [2.05, 4.69) is 29.3 Å². The molecule has 3 rings (SSSR count). The van der Waals surface area contributed by atoms with E-state index in [1.165, 1.54) is 18.4 Å².